The van der Waals surface area contributed by atoms with Crippen molar-refractivity contribution in [1.29, 1.82) is 0 Å². The van der Waals surface area contributed by atoms with E-state index in [1.807, 2.05) is 5.38 Å². The fourth-order valence-electron chi connectivity index (χ4n) is 0.428. The number of thiazole rings is 1. The summed E-state index contributed by atoms with van der Waals surface area (Å²) in [5.74, 6) is 0. The van der Waals surface area contributed by atoms with Crippen LogP contribution in [0.5, 0.6) is 0 Å². The molecular weight excluding hydrogens is 122 g/mol. The van der Waals surface area contributed by atoms with Crippen LogP contribution in [0.1, 0.15) is 18.7 Å². The number of rotatable bonds is 1. The molecule has 0 saturated heterocycles. The lowest BCUT2D eigenvalue weighted by Gasteiger charge is -1.94. The molecule has 0 spiro atoms. The second-order valence-electron chi connectivity index (χ2n) is 1.59. The zero-order valence-electron chi connectivity index (χ0n) is 4.53. The van der Waals surface area contributed by atoms with Crippen LogP contribution in [0.25, 0.3) is 0 Å². The number of hydrogen-bond donors (Lipinski definition) is 1. The summed E-state index contributed by atoms with van der Waals surface area (Å²) in [6, 6.07) is 0. The van der Waals surface area contributed by atoms with Crippen molar-refractivity contribution in [2.75, 3.05) is 0 Å². The maximum atomic E-state index is 8.86. The molecule has 0 aliphatic carbocycles. The molecule has 1 N–H and O–H groups in total. The third kappa shape index (κ3) is 1.05. The number of nitrogens with zero attached hydrogens (tertiary/aromatic N) is 1. The predicted molar refractivity (Wildman–Crippen MR) is 32.7 cm³/mol. The maximum absolute atomic E-state index is 8.86. The molecule has 0 amide bonds. The summed E-state index contributed by atoms with van der Waals surface area (Å²) >= 11 is 1.50. The third-order valence-electron chi connectivity index (χ3n) is 0.879. The Bertz CT molecular complexity index is 147. The highest BCUT2D eigenvalue weighted by molar-refractivity contribution is 7.07. The molecule has 3 heteroatoms. The van der Waals surface area contributed by atoms with Gasteiger partial charge in [0.15, 0.2) is 0 Å². The monoisotopic (exact) mass is 129 g/mol. The Hall–Kier alpha value is -0.410. The third-order valence-corrected chi connectivity index (χ3v) is 1.48. The van der Waals surface area contributed by atoms with Crippen molar-refractivity contribution in [3.63, 3.8) is 0 Å². The van der Waals surface area contributed by atoms with E-state index in [0.717, 1.165) is 5.69 Å². The van der Waals surface area contributed by atoms with Crippen molar-refractivity contribution in [3.8, 4) is 0 Å². The van der Waals surface area contributed by atoms with Gasteiger partial charge in [0.2, 0.25) is 0 Å². The molecule has 1 aromatic rings. The molecule has 0 aliphatic heterocycles. The summed E-state index contributed by atoms with van der Waals surface area (Å²) < 4.78 is 0. The molecule has 0 saturated carbocycles. The van der Waals surface area contributed by atoms with Gasteiger partial charge in [-0.25, -0.2) is 4.98 Å². The Kier molecular flexibility index (Phi) is 1.60. The highest BCUT2D eigenvalue weighted by Crippen LogP contribution is 2.09. The second-order valence-corrected chi connectivity index (χ2v) is 2.31. The molecule has 2 nitrogen and oxygen atoms in total. The topological polar surface area (TPSA) is 33.1 Å². The molecule has 0 unspecified atom stereocenters. The van der Waals surface area contributed by atoms with E-state index < -0.39 is 6.10 Å². The average Bonchev–Trinajstić information content (AvgIpc) is 2.12. The highest BCUT2D eigenvalue weighted by Gasteiger charge is 1.99. The van der Waals surface area contributed by atoms with Crippen LogP contribution in [0, 0.1) is 0 Å². The molecular formula is C5H7NOS. The van der Waals surface area contributed by atoms with Crippen LogP contribution in [-0.4, -0.2) is 10.1 Å². The number of aromatic nitrogens is 1. The molecule has 0 aromatic carbocycles. The minimum absolute atomic E-state index is 0.416. The standard InChI is InChI=1S/C5H7NOS/c1-4(7)5-2-8-3-6-5/h2-4,7H,1H3/t4-/m0/s1. The fraction of sp³-hybridized carbons (Fsp3) is 0.400. The van der Waals surface area contributed by atoms with Crippen molar-refractivity contribution in [2.24, 2.45) is 0 Å². The van der Waals surface area contributed by atoms with E-state index in [0.29, 0.717) is 0 Å². The zero-order chi connectivity index (χ0) is 5.98. The molecule has 1 heterocycles. The summed E-state index contributed by atoms with van der Waals surface area (Å²) in [6.07, 6.45) is -0.416. The number of aliphatic hydroxyl groups excluding tert-OH is 1. The lowest BCUT2D eigenvalue weighted by atomic mass is 10.3. The lowest BCUT2D eigenvalue weighted by Crippen LogP contribution is -1.88. The van der Waals surface area contributed by atoms with Gasteiger partial charge in [0.05, 0.1) is 17.3 Å². The molecule has 1 atom stereocenters. The molecule has 0 fully saturated rings. The lowest BCUT2D eigenvalue weighted by molar-refractivity contribution is 0.195. The second kappa shape index (κ2) is 2.24. The van der Waals surface area contributed by atoms with Crippen molar-refractivity contribution < 1.29 is 5.11 Å². The van der Waals surface area contributed by atoms with Crippen molar-refractivity contribution in [2.45, 2.75) is 13.0 Å². The first kappa shape index (κ1) is 5.72. The molecule has 0 radical (unpaired) electrons. The minimum Gasteiger partial charge on any atom is -0.387 e. The Morgan fingerprint density at radius 3 is 2.88 bits per heavy atom. The molecule has 8 heavy (non-hydrogen) atoms. The van der Waals surface area contributed by atoms with E-state index in [2.05, 4.69) is 4.98 Å². The van der Waals surface area contributed by atoms with Gasteiger partial charge in [0.1, 0.15) is 0 Å². The van der Waals surface area contributed by atoms with E-state index in [9.17, 15) is 0 Å². The van der Waals surface area contributed by atoms with Crippen LogP contribution >= 0.6 is 11.3 Å². The largest absolute Gasteiger partial charge is 0.387 e. The van der Waals surface area contributed by atoms with Gasteiger partial charge >= 0.3 is 0 Å². The van der Waals surface area contributed by atoms with E-state index in [-0.39, 0.29) is 0 Å². The Labute approximate surface area is 51.8 Å². The zero-order valence-corrected chi connectivity index (χ0v) is 5.35. The van der Waals surface area contributed by atoms with Gasteiger partial charge in [-0.1, -0.05) is 0 Å². The minimum atomic E-state index is -0.416. The maximum Gasteiger partial charge on any atom is 0.0940 e. The van der Waals surface area contributed by atoms with Crippen LogP contribution in [0.2, 0.25) is 0 Å². The summed E-state index contributed by atoms with van der Waals surface area (Å²) in [6.45, 7) is 1.70. The van der Waals surface area contributed by atoms with Crippen LogP contribution in [0.4, 0.5) is 0 Å². The van der Waals surface area contributed by atoms with E-state index in [4.69, 9.17) is 5.11 Å². The van der Waals surface area contributed by atoms with Crippen LogP contribution < -0.4 is 0 Å². The number of aliphatic hydroxyl groups is 1. The van der Waals surface area contributed by atoms with E-state index >= 15 is 0 Å². The van der Waals surface area contributed by atoms with Crippen molar-refractivity contribution >= 4 is 11.3 Å². The average molecular weight is 129 g/mol. The Morgan fingerprint density at radius 1 is 1.88 bits per heavy atom. The molecule has 0 bridgehead atoms. The Morgan fingerprint density at radius 2 is 2.62 bits per heavy atom. The van der Waals surface area contributed by atoms with Crippen LogP contribution in [0.15, 0.2) is 10.9 Å². The van der Waals surface area contributed by atoms with E-state index in [1.165, 1.54) is 11.3 Å². The normalized spacial score (nSPS) is 13.8. The smallest absolute Gasteiger partial charge is 0.0940 e. The van der Waals surface area contributed by atoms with Gasteiger partial charge in [0, 0.05) is 5.38 Å². The van der Waals surface area contributed by atoms with Gasteiger partial charge in [0.25, 0.3) is 0 Å². The molecule has 0 aliphatic rings. The van der Waals surface area contributed by atoms with Gasteiger partial charge in [-0.2, -0.15) is 0 Å². The highest BCUT2D eigenvalue weighted by atomic mass is 32.1. The van der Waals surface area contributed by atoms with Gasteiger partial charge in [-0.3, -0.25) is 0 Å². The quantitative estimate of drug-likeness (QED) is 0.618. The molecule has 1 rings (SSSR count). The van der Waals surface area contributed by atoms with Gasteiger partial charge < -0.3 is 5.11 Å². The number of hydrogen-bond acceptors (Lipinski definition) is 3. The summed E-state index contributed by atoms with van der Waals surface area (Å²) in [5, 5.41) is 10.7. The summed E-state index contributed by atoms with van der Waals surface area (Å²) in [7, 11) is 0. The first-order chi connectivity index (χ1) is 3.80. The van der Waals surface area contributed by atoms with Gasteiger partial charge in [-0.05, 0) is 6.92 Å². The van der Waals surface area contributed by atoms with Gasteiger partial charge in [-0.15, -0.1) is 11.3 Å². The van der Waals surface area contributed by atoms with Crippen molar-refractivity contribution in [3.05, 3.63) is 16.6 Å². The molecule has 44 valence electrons. The summed E-state index contributed by atoms with van der Waals surface area (Å²) in [5.41, 5.74) is 2.47. The fourth-order valence-corrected chi connectivity index (χ4v) is 1.07. The first-order valence-electron chi connectivity index (χ1n) is 2.37. The predicted octanol–water partition coefficient (Wildman–Crippen LogP) is 1.20. The van der Waals surface area contributed by atoms with Crippen LogP contribution in [-0.2, 0) is 0 Å². The summed E-state index contributed by atoms with van der Waals surface area (Å²) in [4.78, 5) is 3.88. The SMILES string of the molecule is C[C@H](O)c1cscn1. The Balaban J connectivity index is 2.77. The van der Waals surface area contributed by atoms with Crippen LogP contribution in [0.3, 0.4) is 0 Å². The van der Waals surface area contributed by atoms with Crippen molar-refractivity contribution in [1.82, 2.24) is 4.98 Å². The van der Waals surface area contributed by atoms with E-state index in [1.54, 1.807) is 12.4 Å². The molecule has 1 aromatic heterocycles. The first-order valence-corrected chi connectivity index (χ1v) is 3.31.